The molecule has 4 fully saturated rings. The molecular formula is C17H24N4OS. The fourth-order valence-electron chi connectivity index (χ4n) is 5.98. The molecule has 1 saturated heterocycles. The van der Waals surface area contributed by atoms with Gasteiger partial charge in [-0.3, -0.25) is 9.89 Å². The lowest BCUT2D eigenvalue weighted by atomic mass is 9.95. The standard InChI is InChI=1S/C17H24N4OS/c1-20-15(18-19-17(20)23)11-3-2-6-21(8-11)16(22)14-12-9-4-5-10(7-9)13(12)14/h9-14H,2-8H2,1H3,(H,19,23)/t9-,10-,11+,12-,13+,14?/m0/s1. The molecule has 0 spiro atoms. The van der Waals surface area contributed by atoms with Crippen molar-refractivity contribution in [2.75, 3.05) is 13.1 Å². The van der Waals surface area contributed by atoms with E-state index < -0.39 is 0 Å². The predicted octanol–water partition coefficient (Wildman–Crippen LogP) is 2.48. The van der Waals surface area contributed by atoms with Crippen molar-refractivity contribution in [3.63, 3.8) is 0 Å². The van der Waals surface area contributed by atoms with E-state index in [1.807, 2.05) is 11.6 Å². The summed E-state index contributed by atoms with van der Waals surface area (Å²) in [4.78, 5) is 15.2. The molecule has 2 heterocycles. The van der Waals surface area contributed by atoms with E-state index in [1.165, 1.54) is 19.3 Å². The second-order valence-electron chi connectivity index (χ2n) is 8.08. The van der Waals surface area contributed by atoms with Gasteiger partial charge in [-0.15, -0.1) is 0 Å². The molecule has 3 aliphatic carbocycles. The maximum Gasteiger partial charge on any atom is 0.226 e. The Kier molecular flexibility index (Phi) is 3.03. The molecule has 1 unspecified atom stereocenters. The van der Waals surface area contributed by atoms with E-state index in [9.17, 15) is 4.79 Å². The summed E-state index contributed by atoms with van der Waals surface area (Å²) in [6.07, 6.45) is 6.34. The van der Waals surface area contributed by atoms with Gasteiger partial charge in [0.05, 0.1) is 0 Å². The van der Waals surface area contributed by atoms with Crippen molar-refractivity contribution in [3.05, 3.63) is 10.6 Å². The van der Waals surface area contributed by atoms with Crippen LogP contribution in [0.15, 0.2) is 0 Å². The van der Waals surface area contributed by atoms with Gasteiger partial charge in [-0.25, -0.2) is 0 Å². The van der Waals surface area contributed by atoms with E-state index in [4.69, 9.17) is 12.2 Å². The number of hydrogen-bond donors (Lipinski definition) is 1. The number of amides is 1. The minimum absolute atomic E-state index is 0.320. The van der Waals surface area contributed by atoms with Gasteiger partial charge in [0, 0.05) is 32.0 Å². The number of H-pyrrole nitrogens is 1. The van der Waals surface area contributed by atoms with Crippen LogP contribution in [0.25, 0.3) is 0 Å². The molecule has 23 heavy (non-hydrogen) atoms. The fraction of sp³-hybridized carbons (Fsp3) is 0.824. The molecule has 4 aliphatic rings. The smallest absolute Gasteiger partial charge is 0.226 e. The van der Waals surface area contributed by atoms with Crippen LogP contribution in [-0.4, -0.2) is 38.7 Å². The Morgan fingerprint density at radius 3 is 2.65 bits per heavy atom. The monoisotopic (exact) mass is 332 g/mol. The zero-order chi connectivity index (χ0) is 15.7. The topological polar surface area (TPSA) is 53.9 Å². The third-order valence-corrected chi connectivity index (χ3v) is 7.40. The number of fused-ring (bicyclic) bond motifs is 5. The molecule has 1 amide bonds. The van der Waals surface area contributed by atoms with E-state index in [-0.39, 0.29) is 0 Å². The summed E-state index contributed by atoms with van der Waals surface area (Å²) >= 11 is 5.23. The summed E-state index contributed by atoms with van der Waals surface area (Å²) in [6.45, 7) is 1.74. The summed E-state index contributed by atoms with van der Waals surface area (Å²) in [6, 6.07) is 0. The maximum atomic E-state index is 13.0. The molecule has 1 aromatic rings. The number of likely N-dealkylation sites (tertiary alicyclic amines) is 1. The molecule has 0 aromatic carbocycles. The molecule has 1 N–H and O–H groups in total. The van der Waals surface area contributed by atoms with E-state index in [1.54, 1.807) is 0 Å². The SMILES string of the molecule is Cn1c([C@@H]2CCCN(C(=O)C3[C@@H]4[C@H]5CC[C@@H](C5)[C@H]34)C2)n[nH]c1=S. The van der Waals surface area contributed by atoms with Gasteiger partial charge >= 0.3 is 0 Å². The summed E-state index contributed by atoms with van der Waals surface area (Å²) in [5.74, 6) is 5.34. The number of nitrogens with zero attached hydrogens (tertiary/aromatic N) is 3. The largest absolute Gasteiger partial charge is 0.342 e. The van der Waals surface area contributed by atoms with Crippen molar-refractivity contribution in [2.24, 2.45) is 36.6 Å². The Morgan fingerprint density at radius 2 is 2.00 bits per heavy atom. The average molecular weight is 332 g/mol. The number of carbonyl (C=O) groups is 1. The lowest BCUT2D eigenvalue weighted by Gasteiger charge is -2.33. The van der Waals surface area contributed by atoms with Crippen LogP contribution in [0.5, 0.6) is 0 Å². The number of hydrogen-bond acceptors (Lipinski definition) is 3. The summed E-state index contributed by atoms with van der Waals surface area (Å²) in [5.41, 5.74) is 0. The average Bonchev–Trinajstić information content (AvgIpc) is 2.83. The van der Waals surface area contributed by atoms with Crippen molar-refractivity contribution in [1.82, 2.24) is 19.7 Å². The first-order valence-electron chi connectivity index (χ1n) is 9.05. The molecule has 5 rings (SSSR count). The maximum absolute atomic E-state index is 13.0. The van der Waals surface area contributed by atoms with Crippen molar-refractivity contribution in [3.8, 4) is 0 Å². The third-order valence-electron chi connectivity index (χ3n) is 7.03. The van der Waals surface area contributed by atoms with Crippen molar-refractivity contribution in [2.45, 2.75) is 38.0 Å². The fourth-order valence-corrected chi connectivity index (χ4v) is 6.12. The molecule has 2 bridgehead atoms. The quantitative estimate of drug-likeness (QED) is 0.847. The van der Waals surface area contributed by atoms with Gasteiger partial charge in [-0.2, -0.15) is 5.10 Å². The van der Waals surface area contributed by atoms with Gasteiger partial charge in [0.15, 0.2) is 4.77 Å². The molecule has 5 nitrogen and oxygen atoms in total. The Balaban J connectivity index is 1.31. The number of carbonyl (C=O) groups excluding carboxylic acids is 1. The molecule has 6 atom stereocenters. The summed E-state index contributed by atoms with van der Waals surface area (Å²) in [5, 5.41) is 7.27. The van der Waals surface area contributed by atoms with E-state index >= 15 is 0 Å². The number of piperidine rings is 1. The highest BCUT2D eigenvalue weighted by molar-refractivity contribution is 7.71. The summed E-state index contributed by atoms with van der Waals surface area (Å²) in [7, 11) is 1.96. The molecular weight excluding hydrogens is 308 g/mol. The van der Waals surface area contributed by atoms with Crippen LogP contribution < -0.4 is 0 Å². The molecule has 6 heteroatoms. The molecule has 3 saturated carbocycles. The first-order valence-corrected chi connectivity index (χ1v) is 9.46. The highest BCUT2D eigenvalue weighted by atomic mass is 32.1. The zero-order valence-corrected chi connectivity index (χ0v) is 14.4. The van der Waals surface area contributed by atoms with Gasteiger partial charge in [-0.05, 0) is 68.0 Å². The Morgan fingerprint density at radius 1 is 1.26 bits per heavy atom. The van der Waals surface area contributed by atoms with Crippen LogP contribution in [0.3, 0.4) is 0 Å². The first-order chi connectivity index (χ1) is 11.1. The molecule has 1 aromatic heterocycles. The van der Waals surface area contributed by atoms with Gasteiger partial charge in [0.25, 0.3) is 0 Å². The van der Waals surface area contributed by atoms with Crippen LogP contribution in [0.4, 0.5) is 0 Å². The third kappa shape index (κ3) is 2.00. The van der Waals surface area contributed by atoms with Crippen LogP contribution in [0.2, 0.25) is 0 Å². The minimum atomic E-state index is 0.320. The lowest BCUT2D eigenvalue weighted by molar-refractivity contribution is -0.135. The number of aromatic amines is 1. The van der Waals surface area contributed by atoms with E-state index in [0.29, 0.717) is 22.5 Å². The number of rotatable bonds is 2. The summed E-state index contributed by atoms with van der Waals surface area (Å²) < 4.78 is 2.62. The van der Waals surface area contributed by atoms with E-state index in [0.717, 1.165) is 55.4 Å². The lowest BCUT2D eigenvalue weighted by Crippen LogP contribution is -2.41. The van der Waals surface area contributed by atoms with Crippen LogP contribution >= 0.6 is 12.2 Å². The van der Waals surface area contributed by atoms with Crippen molar-refractivity contribution in [1.29, 1.82) is 0 Å². The zero-order valence-electron chi connectivity index (χ0n) is 13.6. The molecule has 1 aliphatic heterocycles. The van der Waals surface area contributed by atoms with Gasteiger partial charge < -0.3 is 9.47 Å². The minimum Gasteiger partial charge on any atom is -0.342 e. The Bertz CT molecular complexity index is 694. The van der Waals surface area contributed by atoms with Crippen LogP contribution in [0, 0.1) is 34.4 Å². The molecule has 0 radical (unpaired) electrons. The van der Waals surface area contributed by atoms with Crippen molar-refractivity contribution < 1.29 is 4.79 Å². The second kappa shape index (κ2) is 4.91. The van der Waals surface area contributed by atoms with E-state index in [2.05, 4.69) is 15.1 Å². The van der Waals surface area contributed by atoms with Gasteiger partial charge in [-0.1, -0.05) is 0 Å². The second-order valence-corrected chi connectivity index (χ2v) is 8.47. The van der Waals surface area contributed by atoms with Gasteiger partial charge in [0.2, 0.25) is 5.91 Å². The van der Waals surface area contributed by atoms with Crippen LogP contribution in [0.1, 0.15) is 43.8 Å². The first kappa shape index (κ1) is 14.2. The Hall–Kier alpha value is -1.17. The number of aromatic nitrogens is 3. The van der Waals surface area contributed by atoms with Crippen LogP contribution in [-0.2, 0) is 11.8 Å². The van der Waals surface area contributed by atoms with Gasteiger partial charge in [0.1, 0.15) is 5.82 Å². The highest BCUT2D eigenvalue weighted by Gasteiger charge is 2.68. The predicted molar refractivity (Wildman–Crippen MR) is 88.2 cm³/mol. The highest BCUT2D eigenvalue weighted by Crippen LogP contribution is 2.69. The molecule has 124 valence electrons. The number of nitrogens with one attached hydrogen (secondary N) is 1. The van der Waals surface area contributed by atoms with Crippen molar-refractivity contribution >= 4 is 18.1 Å². The normalized spacial score (nSPS) is 41.2. The Labute approximate surface area is 141 Å².